The van der Waals surface area contributed by atoms with Gasteiger partial charge < -0.3 is 15.2 Å². The zero-order valence-electron chi connectivity index (χ0n) is 13.7. The van der Waals surface area contributed by atoms with Crippen LogP contribution in [0, 0.1) is 0 Å². The van der Waals surface area contributed by atoms with Gasteiger partial charge in [0.15, 0.2) is 0 Å². The Morgan fingerprint density at radius 2 is 1.78 bits per heavy atom. The molecule has 1 aromatic heterocycles. The molecule has 0 unspecified atom stereocenters. The van der Waals surface area contributed by atoms with Gasteiger partial charge in [0.1, 0.15) is 5.60 Å². The molecule has 0 bridgehead atoms. The molecule has 0 radical (unpaired) electrons. The molecule has 2 N–H and O–H groups in total. The first-order valence-corrected chi connectivity index (χ1v) is 7.58. The summed E-state index contributed by atoms with van der Waals surface area (Å²) >= 11 is 0. The maximum atomic E-state index is 11.6. The van der Waals surface area contributed by atoms with Crippen LogP contribution in [0.5, 0.6) is 5.88 Å². The van der Waals surface area contributed by atoms with E-state index in [0.29, 0.717) is 24.6 Å². The summed E-state index contributed by atoms with van der Waals surface area (Å²) < 4.78 is 10.7. The van der Waals surface area contributed by atoms with Gasteiger partial charge in [0.05, 0.1) is 12.2 Å². The van der Waals surface area contributed by atoms with Crippen molar-refractivity contribution < 1.29 is 14.3 Å². The number of hydrogen-bond acceptors (Lipinski definition) is 5. The van der Waals surface area contributed by atoms with Crippen molar-refractivity contribution in [1.29, 1.82) is 0 Å². The van der Waals surface area contributed by atoms with E-state index in [9.17, 15) is 4.79 Å². The molecule has 2 rings (SSSR count). The summed E-state index contributed by atoms with van der Waals surface area (Å²) in [7, 11) is 0. The van der Waals surface area contributed by atoms with E-state index in [1.165, 1.54) is 0 Å². The van der Waals surface area contributed by atoms with Crippen LogP contribution in [0.3, 0.4) is 0 Å². The average molecular weight is 314 g/mol. The minimum Gasteiger partial charge on any atom is -0.470 e. The molecule has 0 saturated carbocycles. The van der Waals surface area contributed by atoms with Gasteiger partial charge in [-0.15, -0.1) is 0 Å². The van der Waals surface area contributed by atoms with Gasteiger partial charge in [-0.1, -0.05) is 12.1 Å². The zero-order valence-corrected chi connectivity index (χ0v) is 13.7. The van der Waals surface area contributed by atoms with Crippen LogP contribution < -0.4 is 10.5 Å². The molecule has 0 aliphatic rings. The molecule has 0 saturated heterocycles. The predicted molar refractivity (Wildman–Crippen MR) is 89.4 cm³/mol. The van der Waals surface area contributed by atoms with Crippen molar-refractivity contribution in [2.75, 3.05) is 13.2 Å². The lowest BCUT2D eigenvalue weighted by Gasteiger charge is -2.23. The molecule has 0 amide bonds. The molecule has 1 heterocycles. The summed E-state index contributed by atoms with van der Waals surface area (Å²) in [6.07, 6.45) is 1.74. The highest BCUT2D eigenvalue weighted by atomic mass is 16.5. The number of hydrogen-bond donors (Lipinski definition) is 1. The fourth-order valence-corrected chi connectivity index (χ4v) is 1.95. The molecule has 122 valence electrons. The fourth-order valence-electron chi connectivity index (χ4n) is 1.95. The second-order valence-corrected chi connectivity index (χ2v) is 5.75. The quantitative estimate of drug-likeness (QED) is 0.830. The molecule has 2 aromatic rings. The van der Waals surface area contributed by atoms with Crippen LogP contribution in [0.2, 0.25) is 0 Å². The van der Waals surface area contributed by atoms with E-state index in [1.807, 2.05) is 38.1 Å². The highest BCUT2D eigenvalue weighted by molar-refractivity contribution is 5.90. The van der Waals surface area contributed by atoms with Crippen LogP contribution in [0.4, 0.5) is 0 Å². The Balaban J connectivity index is 2.12. The van der Waals surface area contributed by atoms with Crippen molar-refractivity contribution in [3.05, 3.63) is 48.2 Å². The molecule has 0 aliphatic heterocycles. The molecule has 5 heteroatoms. The zero-order chi connectivity index (χ0) is 16.9. The number of nitrogens with two attached hydrogens (primary N) is 1. The first-order valence-electron chi connectivity index (χ1n) is 7.58. The third-order valence-corrected chi connectivity index (χ3v) is 3.34. The van der Waals surface area contributed by atoms with Gasteiger partial charge in [0, 0.05) is 24.4 Å². The maximum Gasteiger partial charge on any atom is 0.338 e. The number of aromatic nitrogens is 1. The van der Waals surface area contributed by atoms with Gasteiger partial charge in [-0.3, -0.25) is 0 Å². The molecule has 23 heavy (non-hydrogen) atoms. The Hall–Kier alpha value is -2.40. The first kappa shape index (κ1) is 17.0. The number of carbonyl (C=O) groups is 1. The van der Waals surface area contributed by atoms with Crippen LogP contribution >= 0.6 is 0 Å². The van der Waals surface area contributed by atoms with Gasteiger partial charge >= 0.3 is 5.97 Å². The summed E-state index contributed by atoms with van der Waals surface area (Å²) in [5.41, 5.74) is 7.64. The van der Waals surface area contributed by atoms with Gasteiger partial charge in [-0.25, -0.2) is 9.78 Å². The van der Waals surface area contributed by atoms with E-state index in [0.717, 1.165) is 11.1 Å². The average Bonchev–Trinajstić information content (AvgIpc) is 2.56. The number of carbonyl (C=O) groups excluding carboxylic acids is 1. The number of nitrogens with zero attached hydrogens (tertiary/aromatic N) is 1. The molecule has 0 spiro atoms. The first-order chi connectivity index (χ1) is 10.9. The van der Waals surface area contributed by atoms with E-state index in [2.05, 4.69) is 4.98 Å². The largest absolute Gasteiger partial charge is 0.470 e. The molecule has 1 aromatic carbocycles. The topological polar surface area (TPSA) is 74.4 Å². The third-order valence-electron chi connectivity index (χ3n) is 3.34. The molecular weight excluding hydrogens is 292 g/mol. The standard InChI is InChI=1S/C18H22N2O3/c1-4-22-17(21)14-7-5-13(6-8-14)15-9-10-16(20-11-15)23-18(2,3)12-19/h5-11H,4,12,19H2,1-3H3. The molecule has 0 atom stereocenters. The summed E-state index contributed by atoms with van der Waals surface area (Å²) in [5.74, 6) is 0.220. The lowest BCUT2D eigenvalue weighted by atomic mass is 10.1. The summed E-state index contributed by atoms with van der Waals surface area (Å²) in [5, 5.41) is 0. The fraction of sp³-hybridized carbons (Fsp3) is 0.333. The van der Waals surface area contributed by atoms with E-state index in [-0.39, 0.29) is 5.97 Å². The van der Waals surface area contributed by atoms with E-state index in [4.69, 9.17) is 15.2 Å². The molecule has 0 fully saturated rings. The summed E-state index contributed by atoms with van der Waals surface area (Å²) in [6, 6.07) is 11.0. The molecular formula is C18H22N2O3. The van der Waals surface area contributed by atoms with Crippen LogP contribution in [0.1, 0.15) is 31.1 Å². The minimum absolute atomic E-state index is 0.315. The molecule has 0 aliphatic carbocycles. The SMILES string of the molecule is CCOC(=O)c1ccc(-c2ccc(OC(C)(C)CN)nc2)cc1. The van der Waals surface area contributed by atoms with Crippen molar-refractivity contribution >= 4 is 5.97 Å². The van der Waals surface area contributed by atoms with Crippen molar-refractivity contribution in [3.63, 3.8) is 0 Å². The number of ether oxygens (including phenoxy) is 2. The summed E-state index contributed by atoms with van der Waals surface area (Å²) in [6.45, 7) is 6.39. The van der Waals surface area contributed by atoms with Gasteiger partial charge in [0.25, 0.3) is 0 Å². The Morgan fingerprint density at radius 3 is 2.30 bits per heavy atom. The third kappa shape index (κ3) is 4.53. The smallest absolute Gasteiger partial charge is 0.338 e. The van der Waals surface area contributed by atoms with Crippen LogP contribution in [0.15, 0.2) is 42.6 Å². The van der Waals surface area contributed by atoms with Crippen LogP contribution in [-0.2, 0) is 4.74 Å². The van der Waals surface area contributed by atoms with E-state index in [1.54, 1.807) is 25.3 Å². The monoisotopic (exact) mass is 314 g/mol. The normalized spacial score (nSPS) is 11.1. The van der Waals surface area contributed by atoms with Gasteiger partial charge in [-0.05, 0) is 44.5 Å². The highest BCUT2D eigenvalue weighted by Crippen LogP contribution is 2.22. The summed E-state index contributed by atoms with van der Waals surface area (Å²) in [4.78, 5) is 15.9. The van der Waals surface area contributed by atoms with Crippen molar-refractivity contribution in [3.8, 4) is 17.0 Å². The van der Waals surface area contributed by atoms with Crippen molar-refractivity contribution in [1.82, 2.24) is 4.98 Å². The lowest BCUT2D eigenvalue weighted by Crippen LogP contribution is -2.37. The Labute approximate surface area is 136 Å². The van der Waals surface area contributed by atoms with Crippen molar-refractivity contribution in [2.45, 2.75) is 26.4 Å². The Kier molecular flexibility index (Phi) is 5.34. The number of benzene rings is 1. The maximum absolute atomic E-state index is 11.6. The van der Waals surface area contributed by atoms with Gasteiger partial charge in [0.2, 0.25) is 5.88 Å². The second-order valence-electron chi connectivity index (χ2n) is 5.75. The highest BCUT2D eigenvalue weighted by Gasteiger charge is 2.17. The van der Waals surface area contributed by atoms with Crippen LogP contribution in [0.25, 0.3) is 11.1 Å². The van der Waals surface area contributed by atoms with Crippen LogP contribution in [-0.4, -0.2) is 29.7 Å². The van der Waals surface area contributed by atoms with Crippen molar-refractivity contribution in [2.24, 2.45) is 5.73 Å². The lowest BCUT2D eigenvalue weighted by molar-refractivity contribution is 0.0526. The minimum atomic E-state index is -0.449. The second kappa shape index (κ2) is 7.24. The Morgan fingerprint density at radius 1 is 1.13 bits per heavy atom. The number of rotatable bonds is 6. The van der Waals surface area contributed by atoms with Gasteiger partial charge in [-0.2, -0.15) is 0 Å². The number of pyridine rings is 1. The van der Waals surface area contributed by atoms with E-state index >= 15 is 0 Å². The molecule has 5 nitrogen and oxygen atoms in total. The Bertz CT molecular complexity index is 649. The van der Waals surface area contributed by atoms with E-state index < -0.39 is 5.60 Å². The number of esters is 1. The predicted octanol–water partition coefficient (Wildman–Crippen LogP) is 3.04.